The molecule has 1 aromatic heterocycles. The van der Waals surface area contributed by atoms with E-state index in [9.17, 15) is 14.7 Å². The number of phenols is 1. The highest BCUT2D eigenvalue weighted by atomic mass is 16.3. The standard InChI is InChI=1S/C19H21N3O3/c23-15-6-4-13(5-7-15)16-17(14-2-3-14)22(19(25)18(16)24)10-1-9-21-11-8-20-12-21/h4-8,11-12,14,16-17,23H,1-3,9-10H2. The van der Waals surface area contributed by atoms with Gasteiger partial charge in [0.1, 0.15) is 5.75 Å². The summed E-state index contributed by atoms with van der Waals surface area (Å²) in [4.78, 5) is 31.1. The second-order valence-electron chi connectivity index (χ2n) is 6.91. The average molecular weight is 339 g/mol. The lowest BCUT2D eigenvalue weighted by Gasteiger charge is -2.27. The Labute approximate surface area is 146 Å². The Kier molecular flexibility index (Phi) is 4.03. The molecule has 1 saturated carbocycles. The van der Waals surface area contributed by atoms with E-state index in [1.807, 2.05) is 10.8 Å². The molecule has 1 aliphatic heterocycles. The summed E-state index contributed by atoms with van der Waals surface area (Å²) in [5.74, 6) is -0.511. The number of benzene rings is 1. The van der Waals surface area contributed by atoms with Gasteiger partial charge in [-0.15, -0.1) is 0 Å². The summed E-state index contributed by atoms with van der Waals surface area (Å²) >= 11 is 0. The average Bonchev–Trinajstić information content (AvgIpc) is 3.26. The highest BCUT2D eigenvalue weighted by molar-refractivity contribution is 6.40. The summed E-state index contributed by atoms with van der Waals surface area (Å²) < 4.78 is 1.98. The van der Waals surface area contributed by atoms with Crippen LogP contribution >= 0.6 is 0 Å². The fourth-order valence-corrected chi connectivity index (χ4v) is 3.83. The van der Waals surface area contributed by atoms with Crippen molar-refractivity contribution in [1.29, 1.82) is 0 Å². The minimum Gasteiger partial charge on any atom is -0.508 e. The van der Waals surface area contributed by atoms with Crippen molar-refractivity contribution in [3.8, 4) is 5.75 Å². The van der Waals surface area contributed by atoms with E-state index in [-0.39, 0.29) is 23.5 Å². The third-order valence-corrected chi connectivity index (χ3v) is 5.19. The first-order valence-electron chi connectivity index (χ1n) is 8.74. The fraction of sp³-hybridized carbons (Fsp3) is 0.421. The highest BCUT2D eigenvalue weighted by Gasteiger charge is 2.53. The molecule has 1 aliphatic carbocycles. The molecular formula is C19H21N3O3. The van der Waals surface area contributed by atoms with Crippen LogP contribution in [-0.2, 0) is 16.1 Å². The van der Waals surface area contributed by atoms with Gasteiger partial charge in [0.25, 0.3) is 5.91 Å². The predicted molar refractivity (Wildman–Crippen MR) is 90.9 cm³/mol. The number of aromatic nitrogens is 2. The van der Waals surface area contributed by atoms with E-state index >= 15 is 0 Å². The molecule has 6 heteroatoms. The van der Waals surface area contributed by atoms with Gasteiger partial charge in [0.05, 0.1) is 12.2 Å². The van der Waals surface area contributed by atoms with Gasteiger partial charge in [0.2, 0.25) is 5.78 Å². The van der Waals surface area contributed by atoms with E-state index in [4.69, 9.17) is 0 Å². The molecule has 1 saturated heterocycles. The third-order valence-electron chi connectivity index (χ3n) is 5.19. The van der Waals surface area contributed by atoms with Gasteiger partial charge in [0.15, 0.2) is 0 Å². The number of amides is 1. The van der Waals surface area contributed by atoms with Crippen molar-refractivity contribution in [2.75, 3.05) is 6.54 Å². The Morgan fingerprint density at radius 2 is 1.88 bits per heavy atom. The Morgan fingerprint density at radius 1 is 1.12 bits per heavy atom. The van der Waals surface area contributed by atoms with E-state index in [2.05, 4.69) is 4.98 Å². The molecule has 1 N–H and O–H groups in total. The summed E-state index contributed by atoms with van der Waals surface area (Å²) in [5, 5.41) is 9.49. The zero-order valence-electron chi connectivity index (χ0n) is 13.9. The van der Waals surface area contributed by atoms with Crippen molar-refractivity contribution >= 4 is 11.7 Å². The first-order chi connectivity index (χ1) is 12.1. The number of carbonyl (C=O) groups excluding carboxylic acids is 2. The number of phenolic OH excluding ortho intramolecular Hbond substituents is 1. The number of Topliss-reactive ketones (excluding diaryl/α,β-unsaturated/α-hetero) is 1. The Balaban J connectivity index is 1.53. The van der Waals surface area contributed by atoms with Crippen LogP contribution < -0.4 is 0 Å². The van der Waals surface area contributed by atoms with E-state index in [0.717, 1.165) is 31.4 Å². The summed E-state index contributed by atoms with van der Waals surface area (Å²) in [5.41, 5.74) is 0.824. The summed E-state index contributed by atoms with van der Waals surface area (Å²) in [6, 6.07) is 6.63. The van der Waals surface area contributed by atoms with Gasteiger partial charge >= 0.3 is 0 Å². The number of hydrogen-bond donors (Lipinski definition) is 1. The van der Waals surface area contributed by atoms with Gasteiger partial charge < -0.3 is 14.6 Å². The van der Waals surface area contributed by atoms with E-state index in [0.29, 0.717) is 12.5 Å². The van der Waals surface area contributed by atoms with Gasteiger partial charge in [-0.3, -0.25) is 9.59 Å². The maximum absolute atomic E-state index is 12.7. The van der Waals surface area contributed by atoms with E-state index < -0.39 is 5.92 Å². The number of hydrogen-bond acceptors (Lipinski definition) is 4. The van der Waals surface area contributed by atoms with Crippen molar-refractivity contribution in [3.05, 3.63) is 48.5 Å². The monoisotopic (exact) mass is 339 g/mol. The normalized spacial score (nSPS) is 23.4. The van der Waals surface area contributed by atoms with Crippen LogP contribution in [0.15, 0.2) is 43.0 Å². The molecular weight excluding hydrogens is 318 g/mol. The molecule has 4 rings (SSSR count). The zero-order valence-corrected chi connectivity index (χ0v) is 13.9. The molecule has 2 aromatic rings. The number of nitrogens with zero attached hydrogens (tertiary/aromatic N) is 3. The fourth-order valence-electron chi connectivity index (χ4n) is 3.83. The number of rotatable bonds is 6. The summed E-state index contributed by atoms with van der Waals surface area (Å²) in [6.07, 6.45) is 8.32. The van der Waals surface area contributed by atoms with Gasteiger partial charge in [0, 0.05) is 31.5 Å². The first-order valence-corrected chi connectivity index (χ1v) is 8.74. The zero-order chi connectivity index (χ0) is 17.4. The minimum absolute atomic E-state index is 0.0488. The van der Waals surface area contributed by atoms with E-state index in [1.54, 1.807) is 41.7 Å². The first kappa shape index (κ1) is 15.9. The molecule has 1 amide bonds. The molecule has 25 heavy (non-hydrogen) atoms. The largest absolute Gasteiger partial charge is 0.508 e. The smallest absolute Gasteiger partial charge is 0.290 e. The van der Waals surface area contributed by atoms with Crippen LogP contribution in [0.1, 0.15) is 30.7 Å². The maximum Gasteiger partial charge on any atom is 0.290 e. The number of aromatic hydroxyl groups is 1. The van der Waals surface area contributed by atoms with Crippen molar-refractivity contribution in [2.45, 2.75) is 37.8 Å². The van der Waals surface area contributed by atoms with Crippen LogP contribution in [-0.4, -0.2) is 43.8 Å². The molecule has 2 aliphatic rings. The molecule has 2 atom stereocenters. The lowest BCUT2D eigenvalue weighted by Crippen LogP contribution is -2.37. The number of aryl methyl sites for hydroxylation is 1. The second-order valence-corrected chi connectivity index (χ2v) is 6.91. The molecule has 2 unspecified atom stereocenters. The van der Waals surface area contributed by atoms with Crippen molar-refractivity contribution in [3.63, 3.8) is 0 Å². The molecule has 130 valence electrons. The van der Waals surface area contributed by atoms with Crippen LogP contribution in [0, 0.1) is 5.92 Å². The third kappa shape index (κ3) is 3.04. The maximum atomic E-state index is 12.7. The molecule has 2 heterocycles. The molecule has 1 aromatic carbocycles. The van der Waals surface area contributed by atoms with Crippen LogP contribution in [0.3, 0.4) is 0 Å². The molecule has 0 radical (unpaired) electrons. The second kappa shape index (κ2) is 6.35. The van der Waals surface area contributed by atoms with E-state index in [1.165, 1.54) is 0 Å². The van der Waals surface area contributed by atoms with Crippen molar-refractivity contribution in [2.24, 2.45) is 5.92 Å². The SMILES string of the molecule is O=C1C(=O)N(CCCn2ccnc2)C(C2CC2)C1c1ccc(O)cc1. The molecule has 6 nitrogen and oxygen atoms in total. The Bertz CT molecular complexity index is 766. The van der Waals surface area contributed by atoms with Crippen LogP contribution in [0.4, 0.5) is 0 Å². The highest BCUT2D eigenvalue weighted by Crippen LogP contribution is 2.46. The van der Waals surface area contributed by atoms with Crippen LogP contribution in [0.25, 0.3) is 0 Å². The molecule has 2 fully saturated rings. The van der Waals surface area contributed by atoms with Crippen LogP contribution in [0.2, 0.25) is 0 Å². The van der Waals surface area contributed by atoms with Crippen molar-refractivity contribution in [1.82, 2.24) is 14.5 Å². The number of carbonyl (C=O) groups is 2. The van der Waals surface area contributed by atoms with Crippen LogP contribution in [0.5, 0.6) is 5.75 Å². The van der Waals surface area contributed by atoms with Gasteiger partial charge in [-0.1, -0.05) is 12.1 Å². The predicted octanol–water partition coefficient (Wildman–Crippen LogP) is 1.95. The van der Waals surface area contributed by atoms with Gasteiger partial charge in [-0.05, 0) is 42.9 Å². The lowest BCUT2D eigenvalue weighted by molar-refractivity contribution is -0.140. The molecule has 0 bridgehead atoms. The number of imidazole rings is 1. The minimum atomic E-state index is -0.408. The molecule has 0 spiro atoms. The Hall–Kier alpha value is -2.63. The van der Waals surface area contributed by atoms with Crippen molar-refractivity contribution < 1.29 is 14.7 Å². The quantitative estimate of drug-likeness (QED) is 0.816. The van der Waals surface area contributed by atoms with Gasteiger partial charge in [-0.2, -0.15) is 0 Å². The topological polar surface area (TPSA) is 75.4 Å². The number of likely N-dealkylation sites (tertiary alicyclic amines) is 1. The summed E-state index contributed by atoms with van der Waals surface area (Å²) in [7, 11) is 0. The Morgan fingerprint density at radius 3 is 2.52 bits per heavy atom. The summed E-state index contributed by atoms with van der Waals surface area (Å²) in [6.45, 7) is 1.36. The lowest BCUT2D eigenvalue weighted by atomic mass is 9.88. The number of ketones is 1. The van der Waals surface area contributed by atoms with Gasteiger partial charge in [-0.25, -0.2) is 4.98 Å².